The molecule has 0 saturated heterocycles. The van der Waals surface area contributed by atoms with E-state index < -0.39 is 0 Å². The van der Waals surface area contributed by atoms with Crippen LogP contribution in [0.2, 0.25) is 0 Å². The standard InChI is InChI=1S/C11H15NS3/c1-11(2,3)14-15-12-8-13-10-7-5-4-6-9(10)12/h4-7H,8H2,1-3H3. The van der Waals surface area contributed by atoms with Crippen molar-refractivity contribution in [2.24, 2.45) is 0 Å². The summed E-state index contributed by atoms with van der Waals surface area (Å²) in [6.07, 6.45) is 0. The number of thioether (sulfide) groups is 1. The number of anilines is 1. The molecule has 0 unspecified atom stereocenters. The Hall–Kier alpha value is 0.0700. The van der Waals surface area contributed by atoms with E-state index in [1.165, 1.54) is 10.6 Å². The molecular formula is C11H15NS3. The predicted molar refractivity (Wildman–Crippen MR) is 74.6 cm³/mol. The molecule has 1 aromatic rings. The second-order valence-electron chi connectivity index (χ2n) is 4.39. The van der Waals surface area contributed by atoms with Gasteiger partial charge in [0.25, 0.3) is 0 Å². The minimum atomic E-state index is 0.312. The Morgan fingerprint density at radius 1 is 1.27 bits per heavy atom. The van der Waals surface area contributed by atoms with Crippen LogP contribution < -0.4 is 4.31 Å². The molecule has 0 saturated carbocycles. The zero-order chi connectivity index (χ0) is 10.9. The first-order valence-electron chi connectivity index (χ1n) is 4.91. The van der Waals surface area contributed by atoms with Crippen LogP contribution in [-0.4, -0.2) is 10.6 Å². The molecule has 0 aliphatic carbocycles. The van der Waals surface area contributed by atoms with Crippen molar-refractivity contribution in [2.45, 2.75) is 30.4 Å². The lowest BCUT2D eigenvalue weighted by Gasteiger charge is -2.22. The van der Waals surface area contributed by atoms with Crippen molar-refractivity contribution in [2.75, 3.05) is 10.2 Å². The van der Waals surface area contributed by atoms with E-state index in [0.717, 1.165) is 5.88 Å². The summed E-state index contributed by atoms with van der Waals surface area (Å²) in [5, 5.41) is 0. The van der Waals surface area contributed by atoms with Crippen LogP contribution in [0, 0.1) is 0 Å². The molecule has 1 nitrogen and oxygen atoms in total. The molecular weight excluding hydrogens is 242 g/mol. The fourth-order valence-electron chi connectivity index (χ4n) is 1.20. The van der Waals surface area contributed by atoms with Crippen molar-refractivity contribution in [1.29, 1.82) is 0 Å². The summed E-state index contributed by atoms with van der Waals surface area (Å²) in [6.45, 7) is 6.75. The highest BCUT2D eigenvalue weighted by molar-refractivity contribution is 8.77. The number of hydrogen-bond acceptors (Lipinski definition) is 4. The van der Waals surface area contributed by atoms with Crippen molar-refractivity contribution in [1.82, 2.24) is 0 Å². The number of fused-ring (bicyclic) bond motifs is 1. The van der Waals surface area contributed by atoms with E-state index >= 15 is 0 Å². The van der Waals surface area contributed by atoms with Crippen LogP contribution in [0.4, 0.5) is 5.69 Å². The van der Waals surface area contributed by atoms with Gasteiger partial charge in [-0.1, -0.05) is 43.7 Å². The van der Waals surface area contributed by atoms with E-state index in [4.69, 9.17) is 0 Å². The van der Waals surface area contributed by atoms with Crippen LogP contribution in [-0.2, 0) is 0 Å². The first-order chi connectivity index (χ1) is 7.06. The van der Waals surface area contributed by atoms with Crippen LogP contribution in [0.5, 0.6) is 0 Å². The van der Waals surface area contributed by atoms with Gasteiger partial charge in [0.15, 0.2) is 0 Å². The normalized spacial score (nSPS) is 15.5. The molecule has 0 N–H and O–H groups in total. The minimum absolute atomic E-state index is 0.312. The van der Waals surface area contributed by atoms with Gasteiger partial charge in [0, 0.05) is 20.6 Å². The Labute approximate surface area is 104 Å². The van der Waals surface area contributed by atoms with E-state index in [9.17, 15) is 0 Å². The number of rotatable bonds is 2. The fourth-order valence-corrected chi connectivity index (χ4v) is 4.61. The smallest absolute Gasteiger partial charge is 0.0805 e. The van der Waals surface area contributed by atoms with Gasteiger partial charge in [-0.25, -0.2) is 0 Å². The van der Waals surface area contributed by atoms with Crippen molar-refractivity contribution in [3.8, 4) is 0 Å². The molecule has 0 amide bonds. The first-order valence-corrected chi connectivity index (χ1v) is 8.01. The van der Waals surface area contributed by atoms with E-state index in [1.807, 2.05) is 33.5 Å². The quantitative estimate of drug-likeness (QED) is 0.560. The first kappa shape index (κ1) is 11.6. The molecule has 82 valence electrons. The maximum atomic E-state index is 2.37. The van der Waals surface area contributed by atoms with Gasteiger partial charge in [0.1, 0.15) is 0 Å². The number of nitrogens with zero attached hydrogens (tertiary/aromatic N) is 1. The van der Waals surface area contributed by atoms with Crippen molar-refractivity contribution in [3.05, 3.63) is 24.3 Å². The third kappa shape index (κ3) is 3.02. The van der Waals surface area contributed by atoms with Crippen LogP contribution in [0.15, 0.2) is 29.2 Å². The molecule has 1 aliphatic rings. The monoisotopic (exact) mass is 257 g/mol. The highest BCUT2D eigenvalue weighted by Gasteiger charge is 2.22. The van der Waals surface area contributed by atoms with Gasteiger partial charge in [-0.3, -0.25) is 4.31 Å². The Kier molecular flexibility index (Phi) is 3.48. The second-order valence-corrected chi connectivity index (χ2v) is 8.31. The summed E-state index contributed by atoms with van der Waals surface area (Å²) in [6, 6.07) is 8.62. The fraction of sp³-hybridized carbons (Fsp3) is 0.455. The van der Waals surface area contributed by atoms with Gasteiger partial charge < -0.3 is 0 Å². The second kappa shape index (κ2) is 4.52. The molecule has 0 atom stereocenters. The van der Waals surface area contributed by atoms with Crippen LogP contribution >= 0.6 is 33.5 Å². The summed E-state index contributed by atoms with van der Waals surface area (Å²) in [5.74, 6) is 1.06. The van der Waals surface area contributed by atoms with Gasteiger partial charge in [-0.2, -0.15) is 0 Å². The van der Waals surface area contributed by atoms with Gasteiger partial charge in [0.2, 0.25) is 0 Å². The van der Waals surface area contributed by atoms with Crippen LogP contribution in [0.3, 0.4) is 0 Å². The average Bonchev–Trinajstić information content (AvgIpc) is 2.57. The number of benzene rings is 1. The van der Waals surface area contributed by atoms with Gasteiger partial charge >= 0.3 is 0 Å². The summed E-state index contributed by atoms with van der Waals surface area (Å²) >= 11 is 1.92. The van der Waals surface area contributed by atoms with Crippen molar-refractivity contribution >= 4 is 39.2 Å². The lowest BCUT2D eigenvalue weighted by molar-refractivity contribution is 0.810. The zero-order valence-electron chi connectivity index (χ0n) is 9.19. The molecule has 2 rings (SSSR count). The Balaban J connectivity index is 2.02. The largest absolute Gasteiger partial charge is 0.296 e. The molecule has 0 aromatic heterocycles. The van der Waals surface area contributed by atoms with Crippen molar-refractivity contribution < 1.29 is 0 Å². The van der Waals surface area contributed by atoms with E-state index in [-0.39, 0.29) is 0 Å². The Morgan fingerprint density at radius 3 is 2.73 bits per heavy atom. The molecule has 1 aromatic carbocycles. The molecule has 0 bridgehead atoms. The number of hydrogen-bond donors (Lipinski definition) is 0. The maximum absolute atomic E-state index is 2.37. The minimum Gasteiger partial charge on any atom is -0.296 e. The topological polar surface area (TPSA) is 3.24 Å². The highest BCUT2D eigenvalue weighted by Crippen LogP contribution is 2.47. The molecule has 0 radical (unpaired) electrons. The molecule has 1 aliphatic heterocycles. The molecule has 0 fully saturated rings. The van der Waals surface area contributed by atoms with E-state index in [0.29, 0.717) is 4.75 Å². The molecule has 1 heterocycles. The lowest BCUT2D eigenvalue weighted by Crippen LogP contribution is -2.11. The Morgan fingerprint density at radius 2 is 2.00 bits per heavy atom. The molecule has 4 heteroatoms. The predicted octanol–water partition coefficient (Wildman–Crippen LogP) is 4.65. The summed E-state index contributed by atoms with van der Waals surface area (Å²) in [4.78, 5) is 1.40. The summed E-state index contributed by atoms with van der Waals surface area (Å²) < 4.78 is 2.68. The maximum Gasteiger partial charge on any atom is 0.0805 e. The third-order valence-corrected chi connectivity index (χ3v) is 6.40. The summed E-state index contributed by atoms with van der Waals surface area (Å²) in [5.41, 5.74) is 1.37. The van der Waals surface area contributed by atoms with E-state index in [1.54, 1.807) is 0 Å². The molecule has 0 spiro atoms. The zero-order valence-corrected chi connectivity index (χ0v) is 11.6. The molecule has 15 heavy (non-hydrogen) atoms. The van der Waals surface area contributed by atoms with Gasteiger partial charge in [-0.15, -0.1) is 11.8 Å². The Bertz CT molecular complexity index is 346. The van der Waals surface area contributed by atoms with Crippen LogP contribution in [0.25, 0.3) is 0 Å². The lowest BCUT2D eigenvalue weighted by atomic mass is 10.3. The SMILES string of the molecule is CC(C)(C)SSN1CSc2ccccc21. The van der Waals surface area contributed by atoms with E-state index in [2.05, 4.69) is 49.3 Å². The van der Waals surface area contributed by atoms with Gasteiger partial charge in [0.05, 0.1) is 11.6 Å². The highest BCUT2D eigenvalue weighted by atomic mass is 33.1. The van der Waals surface area contributed by atoms with Crippen LogP contribution in [0.1, 0.15) is 20.8 Å². The van der Waals surface area contributed by atoms with Gasteiger partial charge in [-0.05, 0) is 12.1 Å². The average molecular weight is 257 g/mol. The summed E-state index contributed by atoms with van der Waals surface area (Å²) in [7, 11) is 3.79. The van der Waals surface area contributed by atoms with Crippen molar-refractivity contribution in [3.63, 3.8) is 0 Å². The third-order valence-electron chi connectivity index (χ3n) is 1.85. The number of para-hydroxylation sites is 1.